The third kappa shape index (κ3) is 589. The zero-order valence-electron chi connectivity index (χ0n) is 26.4. The maximum absolute atomic E-state index is 10.2. The summed E-state index contributed by atoms with van der Waals surface area (Å²) in [7, 11) is 0. The van der Waals surface area contributed by atoms with Gasteiger partial charge in [0, 0.05) is 6.42 Å². The molecule has 0 amide bonds. The Morgan fingerprint density at radius 1 is 0.368 bits per heavy atom. The standard InChI is InChI=1S/C12H24O2.12C2H4/c1-2-3-4-5-6-7-8-9-10-11-12(13)14;12*1-2/h2-11H2,1H3,(H,13,14);12*1-2H2. The molecule has 0 saturated heterocycles. The first-order valence-corrected chi connectivity index (χ1v) is 12.0. The van der Waals surface area contributed by atoms with E-state index in [0.29, 0.717) is 6.42 Å². The fourth-order valence-corrected chi connectivity index (χ4v) is 1.59. The van der Waals surface area contributed by atoms with E-state index in [2.05, 4.69) is 165 Å². The monoisotopic (exact) mass is 537 g/mol. The molecule has 0 fully saturated rings. The van der Waals surface area contributed by atoms with Crippen LogP contribution in [-0.2, 0) is 4.79 Å². The average molecular weight is 537 g/mol. The second kappa shape index (κ2) is 399. The summed E-state index contributed by atoms with van der Waals surface area (Å²) in [5.41, 5.74) is 0. The Bertz CT molecular complexity index is 233. The van der Waals surface area contributed by atoms with Crippen molar-refractivity contribution >= 4 is 5.97 Å². The van der Waals surface area contributed by atoms with Crippen LogP contribution in [-0.4, -0.2) is 11.1 Å². The number of hydrogen-bond acceptors (Lipinski definition) is 1. The van der Waals surface area contributed by atoms with Crippen LogP contribution in [0.1, 0.15) is 71.1 Å². The molecule has 0 aromatic heterocycles. The molecule has 0 aliphatic rings. The van der Waals surface area contributed by atoms with E-state index < -0.39 is 5.97 Å². The van der Waals surface area contributed by atoms with Gasteiger partial charge in [0.05, 0.1) is 0 Å². The third-order valence-corrected chi connectivity index (χ3v) is 2.49. The number of hydrogen-bond donors (Lipinski definition) is 1. The van der Waals surface area contributed by atoms with E-state index in [-0.39, 0.29) is 0 Å². The quantitative estimate of drug-likeness (QED) is 0.223. The molecule has 228 valence electrons. The van der Waals surface area contributed by atoms with Crippen LogP contribution < -0.4 is 0 Å². The van der Waals surface area contributed by atoms with Gasteiger partial charge in [-0.1, -0.05) is 58.3 Å². The summed E-state index contributed by atoms with van der Waals surface area (Å²) in [5.74, 6) is -0.659. The van der Waals surface area contributed by atoms with Gasteiger partial charge in [0.1, 0.15) is 0 Å². The molecule has 0 bridgehead atoms. The van der Waals surface area contributed by atoms with Crippen molar-refractivity contribution in [1.82, 2.24) is 0 Å². The molecule has 0 atom stereocenters. The molecule has 0 spiro atoms. The van der Waals surface area contributed by atoms with Crippen LogP contribution in [0.3, 0.4) is 0 Å². The number of carbonyl (C=O) groups is 1. The van der Waals surface area contributed by atoms with Crippen molar-refractivity contribution in [3.8, 4) is 0 Å². The lowest BCUT2D eigenvalue weighted by atomic mass is 10.1. The van der Waals surface area contributed by atoms with E-state index in [1.165, 1.54) is 44.9 Å². The van der Waals surface area contributed by atoms with Crippen molar-refractivity contribution in [3.05, 3.63) is 158 Å². The Morgan fingerprint density at radius 3 is 0.684 bits per heavy atom. The number of unbranched alkanes of at least 4 members (excludes halogenated alkanes) is 8. The fraction of sp³-hybridized carbons (Fsp3) is 0.306. The summed E-state index contributed by atoms with van der Waals surface area (Å²) in [6, 6.07) is 0. The van der Waals surface area contributed by atoms with Gasteiger partial charge in [0.25, 0.3) is 0 Å². The lowest BCUT2D eigenvalue weighted by molar-refractivity contribution is -0.137. The largest absolute Gasteiger partial charge is 0.481 e. The van der Waals surface area contributed by atoms with Gasteiger partial charge >= 0.3 is 5.97 Å². The molecule has 0 aliphatic carbocycles. The molecular formula is C36H72O2. The zero-order chi connectivity index (χ0) is 34.6. The fourth-order valence-electron chi connectivity index (χ4n) is 1.59. The summed E-state index contributed by atoms with van der Waals surface area (Å²) in [6.45, 7) is 74.2. The van der Waals surface area contributed by atoms with E-state index in [1.807, 2.05) is 0 Å². The maximum atomic E-state index is 10.2. The third-order valence-electron chi connectivity index (χ3n) is 2.49. The summed E-state index contributed by atoms with van der Waals surface area (Å²) < 4.78 is 0. The molecular weight excluding hydrogens is 464 g/mol. The lowest BCUT2D eigenvalue weighted by Gasteiger charge is -2.00. The van der Waals surface area contributed by atoms with Gasteiger partial charge < -0.3 is 5.11 Å². The van der Waals surface area contributed by atoms with E-state index in [0.717, 1.165) is 12.8 Å². The highest BCUT2D eigenvalue weighted by molar-refractivity contribution is 5.66. The first kappa shape index (κ1) is 83.8. The van der Waals surface area contributed by atoms with Gasteiger partial charge in [0.15, 0.2) is 0 Å². The topological polar surface area (TPSA) is 37.3 Å². The Labute approximate surface area is 244 Å². The van der Waals surface area contributed by atoms with Gasteiger partial charge in [0.2, 0.25) is 0 Å². The Hall–Kier alpha value is -3.65. The molecule has 0 aromatic carbocycles. The minimum atomic E-state index is -0.659. The molecule has 0 unspecified atom stereocenters. The van der Waals surface area contributed by atoms with Crippen molar-refractivity contribution in [2.24, 2.45) is 0 Å². The summed E-state index contributed by atoms with van der Waals surface area (Å²) in [4.78, 5) is 10.2. The van der Waals surface area contributed by atoms with Crippen LogP contribution in [0.2, 0.25) is 0 Å². The molecule has 0 heterocycles. The number of carboxylic acid groups (broad SMARTS) is 1. The molecule has 1 N–H and O–H groups in total. The number of carboxylic acids is 1. The van der Waals surface area contributed by atoms with Gasteiger partial charge in [-0.2, -0.15) is 0 Å². The van der Waals surface area contributed by atoms with E-state index in [4.69, 9.17) is 5.11 Å². The molecule has 0 saturated carbocycles. The molecule has 2 heteroatoms. The van der Waals surface area contributed by atoms with Crippen LogP contribution in [0.4, 0.5) is 0 Å². The van der Waals surface area contributed by atoms with Gasteiger partial charge in [-0.3, -0.25) is 4.79 Å². The molecule has 0 radical (unpaired) electrons. The molecule has 0 aliphatic heterocycles. The van der Waals surface area contributed by atoms with Crippen molar-refractivity contribution < 1.29 is 9.90 Å². The Morgan fingerprint density at radius 2 is 0.526 bits per heavy atom. The molecule has 0 aromatic rings. The second-order valence-corrected chi connectivity index (χ2v) is 3.97. The molecule has 0 rings (SSSR count). The van der Waals surface area contributed by atoms with Gasteiger partial charge in [-0.25, -0.2) is 0 Å². The minimum Gasteiger partial charge on any atom is -0.481 e. The highest BCUT2D eigenvalue weighted by Gasteiger charge is 1.96. The van der Waals surface area contributed by atoms with Gasteiger partial charge in [-0.15, -0.1) is 158 Å². The predicted molar refractivity (Wildman–Crippen MR) is 195 cm³/mol. The number of rotatable bonds is 10. The summed E-state index contributed by atoms with van der Waals surface area (Å²) in [6.07, 6.45) is 11.5. The predicted octanol–water partition coefficient (Wildman–Crippen LogP) is 13.6. The van der Waals surface area contributed by atoms with E-state index >= 15 is 0 Å². The molecule has 38 heavy (non-hydrogen) atoms. The van der Waals surface area contributed by atoms with Crippen molar-refractivity contribution in [3.63, 3.8) is 0 Å². The first-order valence-electron chi connectivity index (χ1n) is 12.0. The summed E-state index contributed by atoms with van der Waals surface area (Å²) in [5, 5.41) is 8.41. The van der Waals surface area contributed by atoms with Gasteiger partial charge in [-0.05, 0) is 6.42 Å². The van der Waals surface area contributed by atoms with Crippen LogP contribution in [0.15, 0.2) is 158 Å². The van der Waals surface area contributed by atoms with Crippen molar-refractivity contribution in [2.75, 3.05) is 0 Å². The van der Waals surface area contributed by atoms with Crippen LogP contribution in [0.5, 0.6) is 0 Å². The van der Waals surface area contributed by atoms with Crippen LogP contribution in [0.25, 0.3) is 0 Å². The minimum absolute atomic E-state index is 0.343. The first-order chi connectivity index (χ1) is 18.8. The maximum Gasteiger partial charge on any atom is 0.303 e. The van der Waals surface area contributed by atoms with E-state index in [1.54, 1.807) is 0 Å². The molecule has 2 nitrogen and oxygen atoms in total. The lowest BCUT2D eigenvalue weighted by Crippen LogP contribution is -1.93. The summed E-state index contributed by atoms with van der Waals surface area (Å²) >= 11 is 0. The highest BCUT2D eigenvalue weighted by Crippen LogP contribution is 2.10. The normalized spacial score (nSPS) is 5.08. The smallest absolute Gasteiger partial charge is 0.303 e. The second-order valence-electron chi connectivity index (χ2n) is 3.97. The van der Waals surface area contributed by atoms with Crippen LogP contribution in [0, 0.1) is 0 Å². The van der Waals surface area contributed by atoms with Crippen LogP contribution >= 0.6 is 0 Å². The van der Waals surface area contributed by atoms with Crippen molar-refractivity contribution in [2.45, 2.75) is 71.1 Å². The number of aliphatic carboxylic acids is 1. The van der Waals surface area contributed by atoms with E-state index in [9.17, 15) is 4.79 Å². The van der Waals surface area contributed by atoms with Crippen molar-refractivity contribution in [1.29, 1.82) is 0 Å². The highest BCUT2D eigenvalue weighted by atomic mass is 16.4. The average Bonchev–Trinajstić information content (AvgIpc) is 3.08. The Balaban J connectivity index is -0.0000000199. The SMILES string of the molecule is C=C.C=C.C=C.C=C.C=C.C=C.C=C.C=C.C=C.C=C.C=C.C=C.CCCCCCCCCCCC(=O)O. The zero-order valence-corrected chi connectivity index (χ0v) is 26.4. The Kier molecular flexibility index (Phi) is 881.